The summed E-state index contributed by atoms with van der Waals surface area (Å²) >= 11 is 0. The first-order valence-corrected chi connectivity index (χ1v) is 10.4. The lowest BCUT2D eigenvalue weighted by atomic mass is 9.88. The molecule has 0 aliphatic heterocycles. The number of rotatable bonds is 12. The number of carbonyl (C=O) groups is 1. The summed E-state index contributed by atoms with van der Waals surface area (Å²) in [4.78, 5) is 10.8. The predicted octanol–water partition coefficient (Wildman–Crippen LogP) is 3.53. The Bertz CT molecular complexity index is 487. The number of hydrogen-bond donors (Lipinski definition) is 4. The van der Waals surface area contributed by atoms with Crippen molar-refractivity contribution in [1.82, 2.24) is 0 Å². The number of unbranched alkanes of at least 4 members (excludes halogenated alkanes) is 1. The topological polar surface area (TPSA) is 98.0 Å². The zero-order valence-corrected chi connectivity index (χ0v) is 17.0. The molecular weight excluding hydrogens is 344 g/mol. The van der Waals surface area contributed by atoms with Crippen molar-refractivity contribution in [2.75, 3.05) is 0 Å². The van der Waals surface area contributed by atoms with Gasteiger partial charge in [0, 0.05) is 12.3 Å². The Labute approximate surface area is 163 Å². The first kappa shape index (κ1) is 23.9. The van der Waals surface area contributed by atoms with Gasteiger partial charge in [-0.25, -0.2) is 0 Å². The highest BCUT2D eigenvalue weighted by atomic mass is 16.4. The Morgan fingerprint density at radius 3 is 2.48 bits per heavy atom. The largest absolute Gasteiger partial charge is 0.481 e. The second-order valence-electron chi connectivity index (χ2n) is 8.13. The van der Waals surface area contributed by atoms with Crippen LogP contribution in [0.4, 0.5) is 0 Å². The van der Waals surface area contributed by atoms with E-state index in [4.69, 9.17) is 5.11 Å². The minimum Gasteiger partial charge on any atom is -0.481 e. The molecule has 27 heavy (non-hydrogen) atoms. The lowest BCUT2D eigenvalue weighted by Crippen LogP contribution is -2.21. The number of carboxylic acid groups (broad SMARTS) is 1. The second kappa shape index (κ2) is 12.3. The highest BCUT2D eigenvalue weighted by Gasteiger charge is 2.39. The molecule has 0 aromatic heterocycles. The lowest BCUT2D eigenvalue weighted by molar-refractivity contribution is -0.141. The van der Waals surface area contributed by atoms with Gasteiger partial charge in [-0.2, -0.15) is 0 Å². The highest BCUT2D eigenvalue weighted by Crippen LogP contribution is 2.36. The second-order valence-corrected chi connectivity index (χ2v) is 8.13. The molecule has 156 valence electrons. The van der Waals surface area contributed by atoms with E-state index in [0.29, 0.717) is 25.7 Å². The minimum atomic E-state index is -0.783. The van der Waals surface area contributed by atoms with Crippen LogP contribution in [-0.4, -0.2) is 44.7 Å². The van der Waals surface area contributed by atoms with Crippen LogP contribution in [0.25, 0.3) is 0 Å². The Balaban J connectivity index is 2.56. The quantitative estimate of drug-likeness (QED) is 0.387. The normalized spacial score (nSPS) is 29.4. The van der Waals surface area contributed by atoms with Gasteiger partial charge in [-0.15, -0.1) is 0 Å². The Morgan fingerprint density at radius 1 is 1.15 bits per heavy atom. The molecular formula is C22H38O5. The summed E-state index contributed by atoms with van der Waals surface area (Å²) in [5.74, 6) is -1.22. The number of aliphatic carboxylic acids is 1. The molecule has 0 heterocycles. The average Bonchev–Trinajstić information content (AvgIpc) is 2.89. The van der Waals surface area contributed by atoms with Gasteiger partial charge < -0.3 is 20.4 Å². The van der Waals surface area contributed by atoms with Crippen molar-refractivity contribution in [1.29, 1.82) is 0 Å². The molecule has 1 rings (SSSR count). The van der Waals surface area contributed by atoms with Crippen LogP contribution in [0.1, 0.15) is 65.7 Å². The summed E-state index contributed by atoms with van der Waals surface area (Å²) in [6.07, 6.45) is 11.3. The van der Waals surface area contributed by atoms with Crippen LogP contribution in [0.15, 0.2) is 24.3 Å². The zero-order valence-electron chi connectivity index (χ0n) is 17.0. The molecule has 1 unspecified atom stereocenters. The van der Waals surface area contributed by atoms with Gasteiger partial charge in [0.1, 0.15) is 0 Å². The van der Waals surface area contributed by atoms with E-state index in [-0.39, 0.29) is 23.7 Å². The van der Waals surface area contributed by atoms with Gasteiger partial charge in [-0.3, -0.25) is 4.79 Å². The summed E-state index contributed by atoms with van der Waals surface area (Å²) in [6, 6.07) is 0. The molecule has 0 aromatic carbocycles. The van der Waals surface area contributed by atoms with E-state index >= 15 is 0 Å². The molecule has 0 amide bonds. The van der Waals surface area contributed by atoms with Crippen LogP contribution in [-0.2, 0) is 4.79 Å². The molecule has 0 aromatic rings. The van der Waals surface area contributed by atoms with Gasteiger partial charge in [0.05, 0.1) is 24.2 Å². The van der Waals surface area contributed by atoms with Crippen molar-refractivity contribution < 1.29 is 25.2 Å². The van der Waals surface area contributed by atoms with E-state index in [0.717, 1.165) is 19.3 Å². The molecule has 5 heteroatoms. The molecule has 0 spiro atoms. The third-order valence-electron chi connectivity index (χ3n) is 5.81. The monoisotopic (exact) mass is 382 g/mol. The van der Waals surface area contributed by atoms with Crippen LogP contribution in [0, 0.1) is 23.7 Å². The fourth-order valence-corrected chi connectivity index (χ4v) is 3.68. The highest BCUT2D eigenvalue weighted by molar-refractivity contribution is 5.69. The number of aliphatic hydroxyl groups excluding tert-OH is 3. The maximum Gasteiger partial charge on any atom is 0.306 e. The van der Waals surface area contributed by atoms with Crippen molar-refractivity contribution in [3.63, 3.8) is 0 Å². The zero-order chi connectivity index (χ0) is 20.4. The summed E-state index contributed by atoms with van der Waals surface area (Å²) in [5, 5.41) is 39.7. The summed E-state index contributed by atoms with van der Waals surface area (Å²) < 4.78 is 0. The van der Waals surface area contributed by atoms with Crippen LogP contribution in [0.5, 0.6) is 0 Å². The fourth-order valence-electron chi connectivity index (χ4n) is 3.68. The molecule has 1 saturated carbocycles. The molecule has 0 radical (unpaired) electrons. The Hall–Kier alpha value is -1.17. The molecule has 7 atom stereocenters. The number of aliphatic hydroxyl groups is 3. The van der Waals surface area contributed by atoms with Gasteiger partial charge >= 0.3 is 5.97 Å². The van der Waals surface area contributed by atoms with E-state index in [2.05, 4.69) is 6.92 Å². The smallest absolute Gasteiger partial charge is 0.306 e. The van der Waals surface area contributed by atoms with Crippen molar-refractivity contribution in [3.8, 4) is 0 Å². The summed E-state index contributed by atoms with van der Waals surface area (Å²) in [5.41, 5.74) is 0. The van der Waals surface area contributed by atoms with Crippen LogP contribution < -0.4 is 0 Å². The third-order valence-corrected chi connectivity index (χ3v) is 5.81. The lowest BCUT2D eigenvalue weighted by Gasteiger charge is -2.21. The van der Waals surface area contributed by atoms with E-state index in [1.165, 1.54) is 0 Å². The van der Waals surface area contributed by atoms with Crippen LogP contribution >= 0.6 is 0 Å². The van der Waals surface area contributed by atoms with E-state index < -0.39 is 24.3 Å². The van der Waals surface area contributed by atoms with Gasteiger partial charge in [0.25, 0.3) is 0 Å². The fraction of sp³-hybridized carbons (Fsp3) is 0.773. The van der Waals surface area contributed by atoms with Crippen molar-refractivity contribution in [2.45, 2.75) is 84.0 Å². The van der Waals surface area contributed by atoms with Crippen molar-refractivity contribution in [2.24, 2.45) is 23.7 Å². The Kier molecular flexibility index (Phi) is 10.9. The van der Waals surface area contributed by atoms with Crippen molar-refractivity contribution in [3.05, 3.63) is 24.3 Å². The van der Waals surface area contributed by atoms with Gasteiger partial charge in [0.2, 0.25) is 0 Å². The number of allylic oxidation sites excluding steroid dienone is 2. The van der Waals surface area contributed by atoms with Gasteiger partial charge in [-0.05, 0) is 37.5 Å². The molecule has 1 aliphatic rings. The van der Waals surface area contributed by atoms with Crippen LogP contribution in [0.3, 0.4) is 0 Å². The molecule has 1 fully saturated rings. The van der Waals surface area contributed by atoms with Crippen molar-refractivity contribution >= 4 is 5.97 Å². The molecule has 0 bridgehead atoms. The first-order valence-electron chi connectivity index (χ1n) is 10.4. The van der Waals surface area contributed by atoms with E-state index in [1.807, 2.05) is 25.2 Å². The minimum absolute atomic E-state index is 0.0810. The molecule has 5 nitrogen and oxygen atoms in total. The van der Waals surface area contributed by atoms with Crippen LogP contribution in [0.2, 0.25) is 0 Å². The number of carboxylic acids is 1. The molecule has 1 aliphatic carbocycles. The SMILES string of the molecule is CCCC[C@H](C)[C@@H](O)/C=C/[C@@H]1[C@@H](C/C=C\CCC(C)C(=O)O)[C@@H](O)C[C@H]1O. The maximum atomic E-state index is 10.8. The summed E-state index contributed by atoms with van der Waals surface area (Å²) in [6.45, 7) is 5.86. The standard InChI is InChI=1S/C22H38O5/c1-4-5-9-15(2)19(23)13-12-18-17(20(24)14-21(18)25)11-8-6-7-10-16(3)22(26)27/h6,8,12-13,15-21,23-25H,4-5,7,9-11,14H2,1-3H3,(H,26,27)/b8-6-,13-12+/t15-,16?,17+,18+,19-,20-,21+/m0/s1. The van der Waals surface area contributed by atoms with Gasteiger partial charge in [0.15, 0.2) is 0 Å². The third kappa shape index (κ3) is 8.16. The maximum absolute atomic E-state index is 10.8. The van der Waals surface area contributed by atoms with Gasteiger partial charge in [-0.1, -0.05) is 57.9 Å². The Morgan fingerprint density at radius 2 is 1.85 bits per heavy atom. The van der Waals surface area contributed by atoms with E-state index in [9.17, 15) is 20.1 Å². The predicted molar refractivity (Wildman–Crippen MR) is 107 cm³/mol. The molecule has 0 saturated heterocycles. The number of hydrogen-bond acceptors (Lipinski definition) is 4. The molecule has 4 N–H and O–H groups in total. The first-order chi connectivity index (χ1) is 12.8. The average molecular weight is 383 g/mol. The summed E-state index contributed by atoms with van der Waals surface area (Å²) in [7, 11) is 0. The van der Waals surface area contributed by atoms with E-state index in [1.54, 1.807) is 13.0 Å².